The van der Waals surface area contributed by atoms with Crippen LogP contribution in [0.25, 0.3) is 0 Å². The zero-order chi connectivity index (χ0) is 12.0. The Hall–Kier alpha value is -0.610. The highest BCUT2D eigenvalue weighted by atomic mass is 16.3. The highest BCUT2D eigenvalue weighted by Gasteiger charge is 2.23. The topological polar surface area (TPSA) is 43.8 Å². The third-order valence-corrected chi connectivity index (χ3v) is 3.24. The predicted octanol–water partition coefficient (Wildman–Crippen LogP) is 0.559. The summed E-state index contributed by atoms with van der Waals surface area (Å²) in [5, 5.41) is 8.83. The van der Waals surface area contributed by atoms with Crippen molar-refractivity contribution in [3.05, 3.63) is 0 Å². The Labute approximate surface area is 98.2 Å². The fourth-order valence-electron chi connectivity index (χ4n) is 2.20. The fraction of sp³-hybridized carbons (Fsp3) is 0.917. The number of hydrogen-bond acceptors (Lipinski definition) is 3. The minimum absolute atomic E-state index is 0.161. The van der Waals surface area contributed by atoms with E-state index in [2.05, 4.69) is 11.8 Å². The quantitative estimate of drug-likeness (QED) is 0.748. The van der Waals surface area contributed by atoms with Crippen LogP contribution in [0.1, 0.15) is 26.7 Å². The van der Waals surface area contributed by atoms with Crippen LogP contribution >= 0.6 is 0 Å². The van der Waals surface area contributed by atoms with Gasteiger partial charge in [0.1, 0.15) is 0 Å². The molecule has 4 nitrogen and oxygen atoms in total. The summed E-state index contributed by atoms with van der Waals surface area (Å²) in [6.45, 7) is 8.48. The van der Waals surface area contributed by atoms with Crippen LogP contribution in [0.4, 0.5) is 0 Å². The molecule has 0 aromatic heterocycles. The van der Waals surface area contributed by atoms with Crippen LogP contribution in [0.3, 0.4) is 0 Å². The summed E-state index contributed by atoms with van der Waals surface area (Å²) in [5.41, 5.74) is 0. The minimum Gasteiger partial charge on any atom is -0.395 e. The highest BCUT2D eigenvalue weighted by molar-refractivity contribution is 5.78. The lowest BCUT2D eigenvalue weighted by molar-refractivity contribution is -0.137. The van der Waals surface area contributed by atoms with Crippen LogP contribution in [0.5, 0.6) is 0 Å². The molecule has 1 aliphatic rings. The lowest BCUT2D eigenvalue weighted by atomic mass is 10.0. The molecule has 1 atom stereocenters. The van der Waals surface area contributed by atoms with Gasteiger partial charge in [0.05, 0.1) is 6.61 Å². The van der Waals surface area contributed by atoms with Crippen LogP contribution in [0, 0.1) is 5.92 Å². The molecular weight excluding hydrogens is 204 g/mol. The van der Waals surface area contributed by atoms with Crippen molar-refractivity contribution >= 4 is 5.91 Å². The molecule has 94 valence electrons. The van der Waals surface area contributed by atoms with Crippen LogP contribution in [0.2, 0.25) is 0 Å². The molecule has 1 fully saturated rings. The van der Waals surface area contributed by atoms with Crippen LogP contribution in [0.15, 0.2) is 0 Å². The van der Waals surface area contributed by atoms with Gasteiger partial charge in [-0.15, -0.1) is 0 Å². The Kier molecular flexibility index (Phi) is 5.77. The lowest BCUT2D eigenvalue weighted by Crippen LogP contribution is -2.50. The van der Waals surface area contributed by atoms with Gasteiger partial charge >= 0.3 is 0 Å². The first-order valence-corrected chi connectivity index (χ1v) is 6.31. The number of carbonyl (C=O) groups excluding carboxylic acids is 1. The van der Waals surface area contributed by atoms with Gasteiger partial charge in [-0.2, -0.15) is 0 Å². The normalized spacial score (nSPS) is 19.8. The summed E-state index contributed by atoms with van der Waals surface area (Å²) >= 11 is 0. The SMILES string of the molecule is CCCC(C)C(=O)N1CCN(CCO)CC1. The van der Waals surface area contributed by atoms with E-state index in [9.17, 15) is 4.79 Å². The summed E-state index contributed by atoms with van der Waals surface area (Å²) in [6.07, 6.45) is 2.05. The van der Waals surface area contributed by atoms with Crippen molar-refractivity contribution in [2.24, 2.45) is 5.92 Å². The fourth-order valence-corrected chi connectivity index (χ4v) is 2.20. The van der Waals surface area contributed by atoms with Gasteiger partial charge in [-0.1, -0.05) is 20.3 Å². The zero-order valence-corrected chi connectivity index (χ0v) is 10.5. The van der Waals surface area contributed by atoms with E-state index in [0.29, 0.717) is 5.91 Å². The molecule has 0 aromatic rings. The van der Waals surface area contributed by atoms with Gasteiger partial charge in [0.2, 0.25) is 5.91 Å². The smallest absolute Gasteiger partial charge is 0.225 e. The molecule has 1 heterocycles. The van der Waals surface area contributed by atoms with Crippen molar-refractivity contribution in [1.29, 1.82) is 0 Å². The summed E-state index contributed by atoms with van der Waals surface area (Å²) in [6, 6.07) is 0. The van der Waals surface area contributed by atoms with Crippen molar-refractivity contribution in [1.82, 2.24) is 9.80 Å². The average Bonchev–Trinajstić information content (AvgIpc) is 2.30. The van der Waals surface area contributed by atoms with Crippen LogP contribution < -0.4 is 0 Å². The van der Waals surface area contributed by atoms with Gasteiger partial charge in [-0.05, 0) is 6.42 Å². The monoisotopic (exact) mass is 228 g/mol. The Morgan fingerprint density at radius 1 is 1.31 bits per heavy atom. The molecule has 1 N–H and O–H groups in total. The molecule has 1 saturated heterocycles. The second kappa shape index (κ2) is 6.86. The molecule has 4 heteroatoms. The van der Waals surface area contributed by atoms with Crippen molar-refractivity contribution in [3.63, 3.8) is 0 Å². The Morgan fingerprint density at radius 2 is 1.94 bits per heavy atom. The Morgan fingerprint density at radius 3 is 2.44 bits per heavy atom. The molecule has 1 amide bonds. The van der Waals surface area contributed by atoms with Crippen LogP contribution in [-0.2, 0) is 4.79 Å². The van der Waals surface area contributed by atoms with E-state index in [-0.39, 0.29) is 12.5 Å². The van der Waals surface area contributed by atoms with E-state index in [0.717, 1.165) is 45.6 Å². The first kappa shape index (κ1) is 13.5. The molecule has 1 rings (SSSR count). The maximum absolute atomic E-state index is 12.0. The zero-order valence-electron chi connectivity index (χ0n) is 10.5. The second-order valence-electron chi connectivity index (χ2n) is 4.58. The van der Waals surface area contributed by atoms with E-state index in [1.807, 2.05) is 11.8 Å². The molecule has 16 heavy (non-hydrogen) atoms. The van der Waals surface area contributed by atoms with E-state index in [4.69, 9.17) is 5.11 Å². The van der Waals surface area contributed by atoms with Crippen molar-refractivity contribution < 1.29 is 9.90 Å². The number of piperazine rings is 1. The largest absolute Gasteiger partial charge is 0.395 e. The maximum atomic E-state index is 12.0. The van der Waals surface area contributed by atoms with Gasteiger partial charge < -0.3 is 10.0 Å². The number of β-amino-alcohol motifs (C(OH)–C–C–N with tert-alkyl or cyclic N) is 1. The molecule has 0 radical (unpaired) electrons. The first-order valence-electron chi connectivity index (χ1n) is 6.31. The van der Waals surface area contributed by atoms with E-state index in [1.165, 1.54) is 0 Å². The number of hydrogen-bond donors (Lipinski definition) is 1. The maximum Gasteiger partial charge on any atom is 0.225 e. The molecule has 0 aromatic carbocycles. The second-order valence-corrected chi connectivity index (χ2v) is 4.58. The molecule has 0 bridgehead atoms. The third-order valence-electron chi connectivity index (χ3n) is 3.24. The van der Waals surface area contributed by atoms with E-state index < -0.39 is 0 Å². The number of amides is 1. The predicted molar refractivity (Wildman–Crippen MR) is 64.2 cm³/mol. The van der Waals surface area contributed by atoms with Crippen molar-refractivity contribution in [2.75, 3.05) is 39.3 Å². The molecule has 1 aliphatic heterocycles. The van der Waals surface area contributed by atoms with Crippen LogP contribution in [-0.4, -0.2) is 60.1 Å². The van der Waals surface area contributed by atoms with Crippen molar-refractivity contribution in [3.8, 4) is 0 Å². The molecule has 0 aliphatic carbocycles. The summed E-state index contributed by atoms with van der Waals surface area (Å²) in [5.74, 6) is 0.458. The summed E-state index contributed by atoms with van der Waals surface area (Å²) in [4.78, 5) is 16.2. The summed E-state index contributed by atoms with van der Waals surface area (Å²) < 4.78 is 0. The first-order chi connectivity index (χ1) is 7.69. The molecular formula is C12H24N2O2. The minimum atomic E-state index is 0.161. The average molecular weight is 228 g/mol. The van der Waals surface area contributed by atoms with Gasteiger partial charge in [0, 0.05) is 38.6 Å². The summed E-state index contributed by atoms with van der Waals surface area (Å²) in [7, 11) is 0. The van der Waals surface area contributed by atoms with Crippen molar-refractivity contribution in [2.45, 2.75) is 26.7 Å². The van der Waals surface area contributed by atoms with Gasteiger partial charge in [-0.25, -0.2) is 0 Å². The third kappa shape index (κ3) is 3.76. The molecule has 0 saturated carbocycles. The Balaban J connectivity index is 2.32. The molecule has 1 unspecified atom stereocenters. The number of nitrogens with zero attached hydrogens (tertiary/aromatic N) is 2. The van der Waals surface area contributed by atoms with Gasteiger partial charge in [0.15, 0.2) is 0 Å². The van der Waals surface area contributed by atoms with Gasteiger partial charge in [-0.3, -0.25) is 9.69 Å². The Bertz CT molecular complexity index is 213. The van der Waals surface area contributed by atoms with E-state index >= 15 is 0 Å². The number of carbonyl (C=O) groups is 1. The number of aliphatic hydroxyl groups excluding tert-OH is 1. The molecule has 0 spiro atoms. The standard InChI is InChI=1S/C12H24N2O2/c1-3-4-11(2)12(16)14-7-5-13(6-8-14)9-10-15/h11,15H,3-10H2,1-2H3. The van der Waals surface area contributed by atoms with E-state index in [1.54, 1.807) is 0 Å². The number of rotatable bonds is 5. The highest BCUT2D eigenvalue weighted by Crippen LogP contribution is 2.11. The lowest BCUT2D eigenvalue weighted by Gasteiger charge is -2.35. The number of aliphatic hydroxyl groups is 1. The van der Waals surface area contributed by atoms with Gasteiger partial charge in [0.25, 0.3) is 0 Å².